The SMILES string of the molecule is COC(C)(OP(=O)([O-])OCC[N+](C)(C)C)C(CC=O)CCC=O. The van der Waals surface area contributed by atoms with E-state index in [4.69, 9.17) is 13.8 Å². The van der Waals surface area contributed by atoms with Crippen molar-refractivity contribution in [3.8, 4) is 0 Å². The lowest BCUT2D eigenvalue weighted by atomic mass is 9.92. The molecule has 0 fully saturated rings. The molecular formula is C14H28NO7P. The Morgan fingerprint density at radius 3 is 2.30 bits per heavy atom. The molecule has 0 radical (unpaired) electrons. The topological polar surface area (TPSA) is 102 Å². The van der Waals surface area contributed by atoms with Crippen LogP contribution >= 0.6 is 7.82 Å². The van der Waals surface area contributed by atoms with Gasteiger partial charge in [0, 0.05) is 25.9 Å². The van der Waals surface area contributed by atoms with E-state index in [0.717, 1.165) is 0 Å². The molecule has 0 saturated carbocycles. The number of carbonyl (C=O) groups is 2. The second-order valence-electron chi connectivity index (χ2n) is 6.45. The molecule has 8 nitrogen and oxygen atoms in total. The van der Waals surface area contributed by atoms with Gasteiger partial charge in [0.1, 0.15) is 25.7 Å². The quantitative estimate of drug-likeness (QED) is 0.208. The second kappa shape index (κ2) is 9.61. The first kappa shape index (κ1) is 22.4. The summed E-state index contributed by atoms with van der Waals surface area (Å²) in [6.45, 7) is 1.86. The van der Waals surface area contributed by atoms with Gasteiger partial charge in [-0.2, -0.15) is 0 Å². The highest BCUT2D eigenvalue weighted by Crippen LogP contribution is 2.46. The minimum Gasteiger partial charge on any atom is -0.756 e. The molecule has 9 heteroatoms. The number of hydrogen-bond donors (Lipinski definition) is 0. The molecule has 3 atom stereocenters. The van der Waals surface area contributed by atoms with Crippen LogP contribution in [0.25, 0.3) is 0 Å². The summed E-state index contributed by atoms with van der Waals surface area (Å²) in [5, 5.41) is 0. The Kier molecular flexibility index (Phi) is 9.35. The zero-order valence-corrected chi connectivity index (χ0v) is 15.4. The molecule has 0 rings (SSSR count). The molecule has 0 amide bonds. The lowest BCUT2D eigenvalue weighted by Crippen LogP contribution is -2.41. The van der Waals surface area contributed by atoms with E-state index in [1.54, 1.807) is 0 Å². The number of phosphoric acid groups is 1. The van der Waals surface area contributed by atoms with Gasteiger partial charge in [0.15, 0.2) is 5.79 Å². The van der Waals surface area contributed by atoms with E-state index in [2.05, 4.69) is 0 Å². The van der Waals surface area contributed by atoms with Crippen LogP contribution in [0.1, 0.15) is 26.2 Å². The Labute approximate surface area is 137 Å². The Hall–Kier alpha value is -0.630. The number of quaternary nitrogens is 1. The summed E-state index contributed by atoms with van der Waals surface area (Å²) in [6.07, 6.45) is 1.79. The molecule has 0 aliphatic rings. The number of ether oxygens (including phenoxy) is 1. The minimum absolute atomic E-state index is 0.0110. The van der Waals surface area contributed by atoms with Crippen molar-refractivity contribution in [2.45, 2.75) is 32.0 Å². The van der Waals surface area contributed by atoms with Crippen molar-refractivity contribution in [3.63, 3.8) is 0 Å². The Morgan fingerprint density at radius 2 is 1.87 bits per heavy atom. The maximum atomic E-state index is 12.0. The fourth-order valence-corrected chi connectivity index (χ4v) is 2.96. The number of carbonyl (C=O) groups excluding carboxylic acids is 2. The molecule has 0 N–H and O–H groups in total. The molecule has 0 aromatic heterocycles. The molecule has 0 aromatic rings. The van der Waals surface area contributed by atoms with Gasteiger partial charge in [-0.15, -0.1) is 0 Å². The molecule has 0 aliphatic carbocycles. The number of likely N-dealkylation sites (N-methyl/N-ethyl adjacent to an activating group) is 1. The van der Waals surface area contributed by atoms with Crippen LogP contribution in [-0.2, 0) is 27.9 Å². The summed E-state index contributed by atoms with van der Waals surface area (Å²) in [6, 6.07) is 0. The van der Waals surface area contributed by atoms with Gasteiger partial charge >= 0.3 is 0 Å². The van der Waals surface area contributed by atoms with Crippen molar-refractivity contribution in [2.24, 2.45) is 5.92 Å². The van der Waals surface area contributed by atoms with Gasteiger partial charge in [-0.05, 0) is 13.3 Å². The third-order valence-electron chi connectivity index (χ3n) is 3.47. The van der Waals surface area contributed by atoms with E-state index in [9.17, 15) is 19.0 Å². The van der Waals surface area contributed by atoms with E-state index < -0.39 is 19.5 Å². The summed E-state index contributed by atoms with van der Waals surface area (Å²) < 4.78 is 27.7. The van der Waals surface area contributed by atoms with E-state index in [1.165, 1.54) is 14.0 Å². The largest absolute Gasteiger partial charge is 0.756 e. The molecule has 0 heterocycles. The zero-order valence-electron chi connectivity index (χ0n) is 14.5. The van der Waals surface area contributed by atoms with E-state index in [1.807, 2.05) is 21.1 Å². The van der Waals surface area contributed by atoms with Gasteiger partial charge in [-0.1, -0.05) is 0 Å². The number of hydrogen-bond acceptors (Lipinski definition) is 7. The Morgan fingerprint density at radius 1 is 1.26 bits per heavy atom. The molecule has 0 aliphatic heterocycles. The summed E-state index contributed by atoms with van der Waals surface area (Å²) in [5.41, 5.74) is 0. The highest BCUT2D eigenvalue weighted by molar-refractivity contribution is 7.45. The predicted octanol–water partition coefficient (Wildman–Crippen LogP) is 0.741. The Bertz CT molecular complexity index is 424. The van der Waals surface area contributed by atoms with Gasteiger partial charge < -0.3 is 28.2 Å². The zero-order chi connectivity index (χ0) is 18.1. The molecular weight excluding hydrogens is 325 g/mol. The van der Waals surface area contributed by atoms with Crippen molar-refractivity contribution in [1.29, 1.82) is 0 Å². The lowest BCUT2D eigenvalue weighted by Gasteiger charge is -2.39. The number of rotatable bonds is 13. The molecule has 136 valence electrons. The highest BCUT2D eigenvalue weighted by Gasteiger charge is 2.38. The first-order chi connectivity index (χ1) is 10.5. The summed E-state index contributed by atoms with van der Waals surface area (Å²) in [7, 11) is 2.37. The maximum Gasteiger partial charge on any atom is 0.270 e. The lowest BCUT2D eigenvalue weighted by molar-refractivity contribution is -0.870. The van der Waals surface area contributed by atoms with Crippen LogP contribution in [-0.4, -0.2) is 64.2 Å². The normalized spacial score (nSPS) is 18.7. The summed E-state index contributed by atoms with van der Waals surface area (Å²) >= 11 is 0. The molecule has 0 saturated heterocycles. The van der Waals surface area contributed by atoms with Crippen molar-refractivity contribution in [2.75, 3.05) is 41.4 Å². The first-order valence-electron chi connectivity index (χ1n) is 7.39. The average molecular weight is 353 g/mol. The van der Waals surface area contributed by atoms with Gasteiger partial charge in [-0.25, -0.2) is 0 Å². The molecule has 0 bridgehead atoms. The molecule has 0 aromatic carbocycles. The maximum absolute atomic E-state index is 12.0. The molecule has 23 heavy (non-hydrogen) atoms. The average Bonchev–Trinajstić information content (AvgIpc) is 2.40. The van der Waals surface area contributed by atoms with Crippen LogP contribution in [0.2, 0.25) is 0 Å². The fraction of sp³-hybridized carbons (Fsp3) is 0.857. The van der Waals surface area contributed by atoms with Crippen LogP contribution in [0.5, 0.6) is 0 Å². The second-order valence-corrected chi connectivity index (χ2v) is 7.78. The third kappa shape index (κ3) is 9.30. The number of methoxy groups -OCH3 is 1. The van der Waals surface area contributed by atoms with Gasteiger partial charge in [0.2, 0.25) is 0 Å². The standard InChI is InChI=1S/C14H28NO7P/c1-14(20-5,13(8-11-17)7-6-10-16)22-23(18,19)21-12-9-15(2,3)4/h10-11,13H,6-9,12H2,1-5H3. The predicted molar refractivity (Wildman–Crippen MR) is 82.4 cm³/mol. The number of phosphoric ester groups is 1. The van der Waals surface area contributed by atoms with E-state index >= 15 is 0 Å². The third-order valence-corrected chi connectivity index (χ3v) is 4.55. The fourth-order valence-electron chi connectivity index (χ4n) is 1.93. The van der Waals surface area contributed by atoms with E-state index in [0.29, 0.717) is 23.6 Å². The Balaban J connectivity index is 4.92. The monoisotopic (exact) mass is 353 g/mol. The summed E-state index contributed by atoms with van der Waals surface area (Å²) in [4.78, 5) is 33.4. The highest BCUT2D eigenvalue weighted by atomic mass is 31.2. The van der Waals surface area contributed by atoms with Crippen molar-refractivity contribution >= 4 is 20.4 Å². The van der Waals surface area contributed by atoms with Crippen LogP contribution < -0.4 is 4.89 Å². The number of aldehydes is 2. The molecule has 0 spiro atoms. The smallest absolute Gasteiger partial charge is 0.270 e. The van der Waals surface area contributed by atoms with Gasteiger partial charge in [0.25, 0.3) is 7.82 Å². The van der Waals surface area contributed by atoms with Gasteiger partial charge in [0.05, 0.1) is 21.1 Å². The van der Waals surface area contributed by atoms with Crippen LogP contribution in [0.15, 0.2) is 0 Å². The van der Waals surface area contributed by atoms with Gasteiger partial charge in [-0.3, -0.25) is 9.09 Å². The van der Waals surface area contributed by atoms with Crippen molar-refractivity contribution < 1.29 is 37.3 Å². The van der Waals surface area contributed by atoms with Crippen LogP contribution in [0.4, 0.5) is 0 Å². The van der Waals surface area contributed by atoms with Crippen molar-refractivity contribution in [1.82, 2.24) is 0 Å². The van der Waals surface area contributed by atoms with Crippen LogP contribution in [0, 0.1) is 5.92 Å². The molecule has 3 unspecified atom stereocenters. The first-order valence-corrected chi connectivity index (χ1v) is 8.85. The van der Waals surface area contributed by atoms with Crippen LogP contribution in [0.3, 0.4) is 0 Å². The number of nitrogens with zero attached hydrogens (tertiary/aromatic N) is 1. The van der Waals surface area contributed by atoms with E-state index in [-0.39, 0.29) is 25.9 Å². The van der Waals surface area contributed by atoms with Crippen molar-refractivity contribution in [3.05, 3.63) is 0 Å². The minimum atomic E-state index is -4.62. The summed E-state index contributed by atoms with van der Waals surface area (Å²) in [5.74, 6) is -2.16.